The van der Waals surface area contributed by atoms with Gasteiger partial charge in [0.2, 0.25) is 0 Å². The smallest absolute Gasteiger partial charge is 0.326 e. The van der Waals surface area contributed by atoms with Gasteiger partial charge in [-0.05, 0) is 36.6 Å². The van der Waals surface area contributed by atoms with Crippen LogP contribution in [0.2, 0.25) is 0 Å². The summed E-state index contributed by atoms with van der Waals surface area (Å²) >= 11 is 0. The maximum Gasteiger partial charge on any atom is 0.326 e. The maximum atomic E-state index is 12.7. The van der Waals surface area contributed by atoms with Crippen molar-refractivity contribution in [3.8, 4) is 0 Å². The van der Waals surface area contributed by atoms with Gasteiger partial charge in [-0.3, -0.25) is 4.79 Å². The molecule has 0 bridgehead atoms. The van der Waals surface area contributed by atoms with Crippen molar-refractivity contribution in [1.82, 2.24) is 4.90 Å². The van der Waals surface area contributed by atoms with Gasteiger partial charge in [0.1, 0.15) is 6.04 Å². The SMILES string of the molecule is O=C(O)C1CCCN1C(=O)c1cccc(S(=O)(=O)Cc2ccccc2)c1. The lowest BCUT2D eigenvalue weighted by molar-refractivity contribution is -0.141. The summed E-state index contributed by atoms with van der Waals surface area (Å²) in [6, 6.07) is 13.8. The van der Waals surface area contributed by atoms with Crippen molar-refractivity contribution in [2.45, 2.75) is 29.5 Å². The number of nitrogens with zero attached hydrogens (tertiary/aromatic N) is 1. The Labute approximate surface area is 152 Å². The fraction of sp³-hybridized carbons (Fsp3) is 0.263. The Hall–Kier alpha value is -2.67. The second-order valence-corrected chi connectivity index (χ2v) is 8.26. The number of likely N-dealkylation sites (tertiary alicyclic amines) is 1. The van der Waals surface area contributed by atoms with Crippen LogP contribution in [0.5, 0.6) is 0 Å². The van der Waals surface area contributed by atoms with Gasteiger partial charge >= 0.3 is 5.97 Å². The van der Waals surface area contributed by atoms with Crippen LogP contribution in [0.1, 0.15) is 28.8 Å². The molecule has 3 rings (SSSR count). The van der Waals surface area contributed by atoms with Crippen molar-refractivity contribution in [3.63, 3.8) is 0 Å². The summed E-state index contributed by atoms with van der Waals surface area (Å²) in [6.45, 7) is 0.358. The van der Waals surface area contributed by atoms with Crippen LogP contribution in [0.4, 0.5) is 0 Å². The third-order valence-electron chi connectivity index (χ3n) is 4.44. The first-order valence-corrected chi connectivity index (χ1v) is 9.94. The summed E-state index contributed by atoms with van der Waals surface area (Å²) in [4.78, 5) is 25.3. The van der Waals surface area contributed by atoms with Gasteiger partial charge in [-0.15, -0.1) is 0 Å². The molecule has 1 aliphatic rings. The second-order valence-electron chi connectivity index (χ2n) is 6.27. The Balaban J connectivity index is 1.86. The second kappa shape index (κ2) is 7.29. The number of carbonyl (C=O) groups is 2. The van der Waals surface area contributed by atoms with Gasteiger partial charge in [-0.25, -0.2) is 13.2 Å². The number of benzene rings is 2. The summed E-state index contributed by atoms with van der Waals surface area (Å²) in [5, 5.41) is 9.24. The number of amides is 1. The van der Waals surface area contributed by atoms with Crippen LogP contribution in [0.25, 0.3) is 0 Å². The molecule has 0 spiro atoms. The van der Waals surface area contributed by atoms with Gasteiger partial charge in [0.25, 0.3) is 5.91 Å². The number of carboxylic acids is 1. The van der Waals surface area contributed by atoms with Crippen molar-refractivity contribution in [2.75, 3.05) is 6.54 Å². The Morgan fingerprint density at radius 2 is 1.81 bits per heavy atom. The van der Waals surface area contributed by atoms with Crippen LogP contribution in [0, 0.1) is 0 Å². The highest BCUT2D eigenvalue weighted by atomic mass is 32.2. The van der Waals surface area contributed by atoms with E-state index in [2.05, 4.69) is 0 Å². The van der Waals surface area contributed by atoms with E-state index >= 15 is 0 Å². The first-order chi connectivity index (χ1) is 12.4. The fourth-order valence-electron chi connectivity index (χ4n) is 3.13. The summed E-state index contributed by atoms with van der Waals surface area (Å²) in [7, 11) is -3.61. The molecule has 0 aliphatic carbocycles. The Bertz CT molecular complexity index is 924. The largest absolute Gasteiger partial charge is 0.480 e. The molecule has 136 valence electrons. The van der Waals surface area contributed by atoms with E-state index in [4.69, 9.17) is 0 Å². The van der Waals surface area contributed by atoms with Gasteiger partial charge in [0.15, 0.2) is 9.84 Å². The van der Waals surface area contributed by atoms with E-state index < -0.39 is 27.8 Å². The van der Waals surface area contributed by atoms with Crippen LogP contribution in [-0.4, -0.2) is 42.9 Å². The molecule has 1 heterocycles. The zero-order valence-electron chi connectivity index (χ0n) is 14.0. The molecule has 0 radical (unpaired) electrons. The Kier molecular flexibility index (Phi) is 5.08. The zero-order valence-corrected chi connectivity index (χ0v) is 14.9. The van der Waals surface area contributed by atoms with Gasteiger partial charge in [0.05, 0.1) is 10.6 Å². The predicted octanol–water partition coefficient (Wildman–Crippen LogP) is 2.35. The normalized spacial score (nSPS) is 17.2. The van der Waals surface area contributed by atoms with E-state index in [1.165, 1.54) is 29.2 Å². The molecule has 6 nitrogen and oxygen atoms in total. The number of rotatable bonds is 5. The molecular weight excluding hydrogens is 354 g/mol. The molecule has 1 saturated heterocycles. The maximum absolute atomic E-state index is 12.7. The van der Waals surface area contributed by atoms with Crippen LogP contribution in [-0.2, 0) is 20.4 Å². The van der Waals surface area contributed by atoms with Crippen LogP contribution in [0.3, 0.4) is 0 Å². The average Bonchev–Trinajstić information content (AvgIpc) is 3.12. The first kappa shape index (κ1) is 18.1. The minimum atomic E-state index is -3.61. The average molecular weight is 373 g/mol. The van der Waals surface area contributed by atoms with Gasteiger partial charge in [-0.1, -0.05) is 36.4 Å². The van der Waals surface area contributed by atoms with E-state index in [1.807, 2.05) is 6.07 Å². The topological polar surface area (TPSA) is 91.8 Å². The van der Waals surface area contributed by atoms with Gasteiger partial charge in [0, 0.05) is 12.1 Å². The molecule has 1 unspecified atom stereocenters. The van der Waals surface area contributed by atoms with Crippen LogP contribution >= 0.6 is 0 Å². The van der Waals surface area contributed by atoms with Crippen molar-refractivity contribution in [3.05, 3.63) is 65.7 Å². The number of carbonyl (C=O) groups excluding carboxylic acids is 1. The molecule has 7 heteroatoms. The molecule has 1 atom stereocenters. The quantitative estimate of drug-likeness (QED) is 0.869. The number of hydrogen-bond donors (Lipinski definition) is 1. The number of hydrogen-bond acceptors (Lipinski definition) is 4. The predicted molar refractivity (Wildman–Crippen MR) is 95.5 cm³/mol. The third kappa shape index (κ3) is 3.77. The third-order valence-corrected chi connectivity index (χ3v) is 6.12. The molecular formula is C19H19NO5S. The van der Waals surface area contributed by atoms with E-state index in [1.54, 1.807) is 24.3 Å². The molecule has 1 amide bonds. The highest BCUT2D eigenvalue weighted by Gasteiger charge is 2.34. The molecule has 26 heavy (non-hydrogen) atoms. The summed E-state index contributed by atoms with van der Waals surface area (Å²) in [6.07, 6.45) is 1.03. The highest BCUT2D eigenvalue weighted by molar-refractivity contribution is 7.90. The minimum absolute atomic E-state index is 0.0540. The van der Waals surface area contributed by atoms with E-state index in [-0.39, 0.29) is 16.2 Å². The van der Waals surface area contributed by atoms with E-state index in [0.29, 0.717) is 24.9 Å². The lowest BCUT2D eigenvalue weighted by Crippen LogP contribution is -2.40. The standard InChI is InChI=1S/C19H19NO5S/c21-18(20-11-5-10-17(20)19(22)23)15-8-4-9-16(12-15)26(24,25)13-14-6-2-1-3-7-14/h1-4,6-9,12,17H,5,10-11,13H2,(H,22,23). The van der Waals surface area contributed by atoms with Crippen LogP contribution in [0.15, 0.2) is 59.5 Å². The lowest BCUT2D eigenvalue weighted by Gasteiger charge is -2.21. The number of aliphatic carboxylic acids is 1. The number of carboxylic acid groups (broad SMARTS) is 1. The summed E-state index contributed by atoms with van der Waals surface area (Å²) < 4.78 is 25.3. The van der Waals surface area contributed by atoms with Crippen molar-refractivity contribution < 1.29 is 23.1 Å². The lowest BCUT2D eigenvalue weighted by atomic mass is 10.1. The number of sulfone groups is 1. The summed E-state index contributed by atoms with van der Waals surface area (Å²) in [5.74, 6) is -1.65. The van der Waals surface area contributed by atoms with E-state index in [0.717, 1.165) is 0 Å². The Morgan fingerprint density at radius 1 is 1.08 bits per heavy atom. The molecule has 2 aromatic rings. The zero-order chi connectivity index (χ0) is 18.7. The van der Waals surface area contributed by atoms with E-state index in [9.17, 15) is 23.1 Å². The molecule has 1 N–H and O–H groups in total. The monoisotopic (exact) mass is 373 g/mol. The van der Waals surface area contributed by atoms with Gasteiger partial charge in [-0.2, -0.15) is 0 Å². The molecule has 2 aromatic carbocycles. The van der Waals surface area contributed by atoms with Crippen LogP contribution < -0.4 is 0 Å². The van der Waals surface area contributed by atoms with Crippen molar-refractivity contribution >= 4 is 21.7 Å². The minimum Gasteiger partial charge on any atom is -0.480 e. The first-order valence-electron chi connectivity index (χ1n) is 8.29. The van der Waals surface area contributed by atoms with Crippen molar-refractivity contribution in [2.24, 2.45) is 0 Å². The Morgan fingerprint density at radius 3 is 2.50 bits per heavy atom. The fourth-order valence-corrected chi connectivity index (χ4v) is 4.52. The molecule has 0 saturated carbocycles. The molecule has 1 fully saturated rings. The van der Waals surface area contributed by atoms with Crippen molar-refractivity contribution in [1.29, 1.82) is 0 Å². The molecule has 0 aromatic heterocycles. The molecule has 1 aliphatic heterocycles. The highest BCUT2D eigenvalue weighted by Crippen LogP contribution is 2.23. The summed E-state index contributed by atoms with van der Waals surface area (Å²) in [5.41, 5.74) is 0.849. The van der Waals surface area contributed by atoms with Gasteiger partial charge < -0.3 is 10.0 Å².